The third-order valence-corrected chi connectivity index (χ3v) is 4.02. The van der Waals surface area contributed by atoms with Crippen molar-refractivity contribution in [1.82, 2.24) is 4.90 Å². The molecule has 0 aliphatic carbocycles. The molecule has 1 aromatic carbocycles. The molecule has 0 saturated carbocycles. The van der Waals surface area contributed by atoms with Crippen LogP contribution in [0.15, 0.2) is 29.3 Å². The highest BCUT2D eigenvalue weighted by Crippen LogP contribution is 2.26. The van der Waals surface area contributed by atoms with Crippen LogP contribution in [0.2, 0.25) is 0 Å². The van der Waals surface area contributed by atoms with Gasteiger partial charge < -0.3 is 9.64 Å². The first kappa shape index (κ1) is 16.7. The number of para-hydroxylation sites is 1. The largest absolute Gasteiger partial charge is 0.378 e. The number of benzene rings is 1. The number of amidine groups is 1. The van der Waals surface area contributed by atoms with Crippen LogP contribution in [-0.2, 0) is 16.0 Å². The van der Waals surface area contributed by atoms with Crippen LogP contribution in [0.4, 0.5) is 5.69 Å². The van der Waals surface area contributed by atoms with E-state index >= 15 is 0 Å². The highest BCUT2D eigenvalue weighted by Gasteiger charge is 2.18. The highest BCUT2D eigenvalue weighted by atomic mass is 16.5. The summed E-state index contributed by atoms with van der Waals surface area (Å²) in [5.74, 6) is 1.58. The van der Waals surface area contributed by atoms with Crippen molar-refractivity contribution in [1.29, 1.82) is 0 Å². The SMILES string of the molecule is CCC(=O)CC.c1ccc2c(c1)CCC(N1CCOCC1)=N2. The van der Waals surface area contributed by atoms with E-state index in [1.807, 2.05) is 13.8 Å². The van der Waals surface area contributed by atoms with Gasteiger partial charge in [0.1, 0.15) is 11.6 Å². The fraction of sp³-hybridized carbons (Fsp3) is 0.556. The minimum Gasteiger partial charge on any atom is -0.378 e. The Labute approximate surface area is 133 Å². The van der Waals surface area contributed by atoms with Crippen molar-refractivity contribution in [3.63, 3.8) is 0 Å². The summed E-state index contributed by atoms with van der Waals surface area (Å²) >= 11 is 0. The molecule has 1 saturated heterocycles. The van der Waals surface area contributed by atoms with Gasteiger partial charge in [0.2, 0.25) is 0 Å². The van der Waals surface area contributed by atoms with Gasteiger partial charge in [-0.05, 0) is 18.1 Å². The third kappa shape index (κ3) is 4.67. The molecular formula is C18H26N2O2. The summed E-state index contributed by atoms with van der Waals surface area (Å²) in [5.41, 5.74) is 2.52. The Morgan fingerprint density at radius 3 is 2.45 bits per heavy atom. The fourth-order valence-electron chi connectivity index (χ4n) is 2.57. The van der Waals surface area contributed by atoms with E-state index in [-0.39, 0.29) is 0 Å². The summed E-state index contributed by atoms with van der Waals surface area (Å²) in [5, 5.41) is 0. The van der Waals surface area contributed by atoms with Gasteiger partial charge in [-0.2, -0.15) is 0 Å². The number of Topliss-reactive ketones (excluding diaryl/α,β-unsaturated/α-hetero) is 1. The molecule has 1 aromatic rings. The average Bonchev–Trinajstić information content (AvgIpc) is 2.62. The quantitative estimate of drug-likeness (QED) is 0.841. The van der Waals surface area contributed by atoms with Crippen LogP contribution in [-0.4, -0.2) is 42.8 Å². The smallest absolute Gasteiger partial charge is 0.132 e. The van der Waals surface area contributed by atoms with E-state index in [0.717, 1.165) is 44.8 Å². The highest BCUT2D eigenvalue weighted by molar-refractivity contribution is 5.87. The molecule has 0 bridgehead atoms. The minimum absolute atomic E-state index is 0.343. The summed E-state index contributed by atoms with van der Waals surface area (Å²) in [6, 6.07) is 8.43. The number of carbonyl (C=O) groups excluding carboxylic acids is 1. The number of rotatable bonds is 2. The van der Waals surface area contributed by atoms with Crippen molar-refractivity contribution >= 4 is 17.3 Å². The molecule has 0 unspecified atom stereocenters. The maximum absolute atomic E-state index is 10.2. The fourth-order valence-corrected chi connectivity index (χ4v) is 2.57. The normalized spacial score (nSPS) is 17.0. The summed E-state index contributed by atoms with van der Waals surface area (Å²) < 4.78 is 5.36. The molecule has 2 heterocycles. The van der Waals surface area contributed by atoms with E-state index in [1.165, 1.54) is 11.4 Å². The van der Waals surface area contributed by atoms with Gasteiger partial charge in [0.05, 0.1) is 18.9 Å². The Hall–Kier alpha value is -1.68. The van der Waals surface area contributed by atoms with Gasteiger partial charge in [0.25, 0.3) is 0 Å². The van der Waals surface area contributed by atoms with Crippen molar-refractivity contribution < 1.29 is 9.53 Å². The van der Waals surface area contributed by atoms with Gasteiger partial charge in [0.15, 0.2) is 0 Å². The Morgan fingerprint density at radius 1 is 1.14 bits per heavy atom. The number of ketones is 1. The van der Waals surface area contributed by atoms with Crippen LogP contribution in [0.25, 0.3) is 0 Å². The lowest BCUT2D eigenvalue weighted by Crippen LogP contribution is -2.41. The third-order valence-electron chi connectivity index (χ3n) is 4.02. The van der Waals surface area contributed by atoms with Gasteiger partial charge in [-0.15, -0.1) is 0 Å². The number of morpholine rings is 1. The summed E-state index contributed by atoms with van der Waals surface area (Å²) in [7, 11) is 0. The molecule has 2 aliphatic rings. The standard InChI is InChI=1S/C13H16N2O.C5H10O/c1-2-4-12-11(3-1)5-6-13(14-12)15-7-9-16-10-8-15;1-3-5(6)4-2/h1-4H,5-10H2;3-4H2,1-2H3. The Kier molecular flexibility index (Phi) is 6.59. The molecule has 4 heteroatoms. The first-order chi connectivity index (χ1) is 10.7. The second-order valence-electron chi connectivity index (χ2n) is 5.50. The van der Waals surface area contributed by atoms with Crippen LogP contribution >= 0.6 is 0 Å². The van der Waals surface area contributed by atoms with Gasteiger partial charge in [-0.25, -0.2) is 4.99 Å². The first-order valence-electron chi connectivity index (χ1n) is 8.24. The number of nitrogens with zero attached hydrogens (tertiary/aromatic N) is 2. The second-order valence-corrected chi connectivity index (χ2v) is 5.50. The van der Waals surface area contributed by atoms with E-state index in [2.05, 4.69) is 29.2 Å². The average molecular weight is 302 g/mol. The predicted molar refractivity (Wildman–Crippen MR) is 89.8 cm³/mol. The molecule has 2 aliphatic heterocycles. The molecule has 0 radical (unpaired) electrons. The lowest BCUT2D eigenvalue weighted by molar-refractivity contribution is -0.118. The zero-order valence-corrected chi connectivity index (χ0v) is 13.7. The lowest BCUT2D eigenvalue weighted by Gasteiger charge is -2.31. The van der Waals surface area contributed by atoms with Crippen LogP contribution in [0, 0.1) is 0 Å². The van der Waals surface area contributed by atoms with E-state index in [0.29, 0.717) is 18.6 Å². The molecule has 3 rings (SSSR count). The molecule has 0 atom stereocenters. The van der Waals surface area contributed by atoms with E-state index in [9.17, 15) is 4.79 Å². The molecule has 0 aromatic heterocycles. The summed E-state index contributed by atoms with van der Waals surface area (Å²) in [4.78, 5) is 17.3. The molecule has 1 fully saturated rings. The number of aryl methyl sites for hydroxylation is 1. The second kappa shape index (κ2) is 8.69. The number of hydrogen-bond donors (Lipinski definition) is 0. The molecule has 120 valence electrons. The predicted octanol–water partition coefficient (Wildman–Crippen LogP) is 3.37. The summed E-state index contributed by atoms with van der Waals surface area (Å²) in [6.07, 6.45) is 3.57. The minimum atomic E-state index is 0.343. The van der Waals surface area contributed by atoms with Gasteiger partial charge >= 0.3 is 0 Å². The van der Waals surface area contributed by atoms with Gasteiger partial charge in [0, 0.05) is 32.4 Å². The van der Waals surface area contributed by atoms with E-state index in [4.69, 9.17) is 9.73 Å². The zero-order valence-electron chi connectivity index (χ0n) is 13.7. The van der Waals surface area contributed by atoms with Crippen molar-refractivity contribution in [2.75, 3.05) is 26.3 Å². The molecular weight excluding hydrogens is 276 g/mol. The number of fused-ring (bicyclic) bond motifs is 1. The van der Waals surface area contributed by atoms with Gasteiger partial charge in [-0.3, -0.25) is 4.79 Å². The summed E-state index contributed by atoms with van der Waals surface area (Å²) in [6.45, 7) is 7.40. The Balaban J connectivity index is 0.000000254. The maximum atomic E-state index is 10.2. The van der Waals surface area contributed by atoms with Crippen LogP contribution in [0.3, 0.4) is 0 Å². The Morgan fingerprint density at radius 2 is 1.82 bits per heavy atom. The van der Waals surface area contributed by atoms with Crippen molar-refractivity contribution in [2.45, 2.75) is 39.5 Å². The molecule has 22 heavy (non-hydrogen) atoms. The first-order valence-corrected chi connectivity index (χ1v) is 8.24. The molecule has 4 nitrogen and oxygen atoms in total. The van der Waals surface area contributed by atoms with Gasteiger partial charge in [-0.1, -0.05) is 32.0 Å². The van der Waals surface area contributed by atoms with Crippen molar-refractivity contribution in [3.8, 4) is 0 Å². The van der Waals surface area contributed by atoms with Crippen LogP contribution in [0.5, 0.6) is 0 Å². The lowest BCUT2D eigenvalue weighted by atomic mass is 10.0. The number of carbonyl (C=O) groups is 1. The zero-order chi connectivity index (χ0) is 15.8. The number of ether oxygens (including phenoxy) is 1. The molecule has 0 spiro atoms. The Bertz CT molecular complexity index is 514. The molecule has 0 amide bonds. The maximum Gasteiger partial charge on any atom is 0.132 e. The monoisotopic (exact) mass is 302 g/mol. The molecule has 0 N–H and O–H groups in total. The van der Waals surface area contributed by atoms with Crippen molar-refractivity contribution in [3.05, 3.63) is 29.8 Å². The van der Waals surface area contributed by atoms with Crippen LogP contribution < -0.4 is 0 Å². The van der Waals surface area contributed by atoms with E-state index in [1.54, 1.807) is 0 Å². The van der Waals surface area contributed by atoms with E-state index < -0.39 is 0 Å². The number of aliphatic imine (C=N–C) groups is 1. The topological polar surface area (TPSA) is 41.9 Å². The van der Waals surface area contributed by atoms with Crippen LogP contribution in [0.1, 0.15) is 38.7 Å². The number of hydrogen-bond acceptors (Lipinski definition) is 4. The van der Waals surface area contributed by atoms with Crippen molar-refractivity contribution in [2.24, 2.45) is 4.99 Å².